The molecular weight excluding hydrogens is 252 g/mol. The highest BCUT2D eigenvalue weighted by Gasteiger charge is 2.20. The van der Waals surface area contributed by atoms with Crippen LogP contribution in [0.5, 0.6) is 11.5 Å². The van der Waals surface area contributed by atoms with Crippen molar-refractivity contribution in [2.75, 3.05) is 20.0 Å². The molecule has 1 fully saturated rings. The third kappa shape index (κ3) is 2.15. The van der Waals surface area contributed by atoms with Gasteiger partial charge in [0.25, 0.3) is 0 Å². The molecule has 4 heteroatoms. The number of methoxy groups -OCH3 is 2. The highest BCUT2D eigenvalue weighted by Crippen LogP contribution is 2.38. The molecule has 1 aliphatic rings. The number of ether oxygens (including phenoxy) is 2. The van der Waals surface area contributed by atoms with Gasteiger partial charge in [0.05, 0.1) is 19.7 Å². The summed E-state index contributed by atoms with van der Waals surface area (Å²) < 4.78 is 10.7. The van der Waals surface area contributed by atoms with E-state index in [9.17, 15) is 0 Å². The average molecular weight is 272 g/mol. The topological polar surface area (TPSA) is 57.4 Å². The van der Waals surface area contributed by atoms with Crippen LogP contribution in [-0.2, 0) is 0 Å². The summed E-state index contributed by atoms with van der Waals surface area (Å²) in [6.07, 6.45) is 5.00. The maximum Gasteiger partial charge on any atom is 0.162 e. The Bertz CT molecular complexity index is 634. The standard InChI is InChI=1S/C16H20N2O2/c1-19-15-7-11-12(17)8-13(10-5-3-4-6-10)18-14(11)9-16(15)20-2/h7-10H,3-6H2,1-2H3,(H2,17,18). The Morgan fingerprint density at radius 1 is 1.05 bits per heavy atom. The summed E-state index contributed by atoms with van der Waals surface area (Å²) in [6, 6.07) is 5.82. The molecule has 0 amide bonds. The maximum atomic E-state index is 6.20. The minimum Gasteiger partial charge on any atom is -0.493 e. The smallest absolute Gasteiger partial charge is 0.162 e. The van der Waals surface area contributed by atoms with Crippen LogP contribution in [0, 0.1) is 0 Å². The van der Waals surface area contributed by atoms with E-state index in [1.807, 2.05) is 18.2 Å². The highest BCUT2D eigenvalue weighted by atomic mass is 16.5. The Kier molecular flexibility index (Phi) is 3.38. The van der Waals surface area contributed by atoms with Gasteiger partial charge < -0.3 is 15.2 Å². The molecule has 0 atom stereocenters. The van der Waals surface area contributed by atoms with E-state index >= 15 is 0 Å². The summed E-state index contributed by atoms with van der Waals surface area (Å²) in [4.78, 5) is 4.79. The number of anilines is 1. The van der Waals surface area contributed by atoms with E-state index in [2.05, 4.69) is 0 Å². The number of nitrogens with zero attached hydrogens (tertiary/aromatic N) is 1. The van der Waals surface area contributed by atoms with Crippen LogP contribution in [0.3, 0.4) is 0 Å². The lowest BCUT2D eigenvalue weighted by molar-refractivity contribution is 0.356. The Hall–Kier alpha value is -1.97. The van der Waals surface area contributed by atoms with Gasteiger partial charge in [-0.25, -0.2) is 0 Å². The number of hydrogen-bond acceptors (Lipinski definition) is 4. The summed E-state index contributed by atoms with van der Waals surface area (Å²) in [7, 11) is 3.26. The van der Waals surface area contributed by atoms with Gasteiger partial charge in [0.15, 0.2) is 11.5 Å². The zero-order valence-corrected chi connectivity index (χ0v) is 12.0. The van der Waals surface area contributed by atoms with E-state index in [0.717, 1.165) is 22.3 Å². The monoisotopic (exact) mass is 272 g/mol. The number of hydrogen-bond donors (Lipinski definition) is 1. The molecule has 0 unspecified atom stereocenters. The molecular formula is C16H20N2O2. The van der Waals surface area contributed by atoms with Crippen molar-refractivity contribution in [3.05, 3.63) is 23.9 Å². The Labute approximate surface area is 118 Å². The fourth-order valence-electron chi connectivity index (χ4n) is 3.03. The van der Waals surface area contributed by atoms with Crippen LogP contribution in [0.1, 0.15) is 37.3 Å². The van der Waals surface area contributed by atoms with Gasteiger partial charge in [-0.1, -0.05) is 12.8 Å². The first-order chi connectivity index (χ1) is 9.72. The molecule has 1 saturated carbocycles. The lowest BCUT2D eigenvalue weighted by Crippen LogP contribution is -2.01. The van der Waals surface area contributed by atoms with Gasteiger partial charge in [-0.2, -0.15) is 0 Å². The molecule has 4 nitrogen and oxygen atoms in total. The summed E-state index contributed by atoms with van der Waals surface area (Å²) >= 11 is 0. The van der Waals surface area contributed by atoms with Gasteiger partial charge in [0.1, 0.15) is 0 Å². The average Bonchev–Trinajstić information content (AvgIpc) is 3.00. The molecule has 0 radical (unpaired) electrons. The van der Waals surface area contributed by atoms with Gasteiger partial charge in [-0.05, 0) is 25.0 Å². The van der Waals surface area contributed by atoms with Crippen LogP contribution in [0.2, 0.25) is 0 Å². The summed E-state index contributed by atoms with van der Waals surface area (Å²) in [6.45, 7) is 0. The van der Waals surface area contributed by atoms with E-state index in [-0.39, 0.29) is 0 Å². The lowest BCUT2D eigenvalue weighted by atomic mass is 10.0. The Morgan fingerprint density at radius 2 is 1.70 bits per heavy atom. The second kappa shape index (κ2) is 5.19. The zero-order valence-electron chi connectivity index (χ0n) is 12.0. The third-order valence-corrected chi connectivity index (χ3v) is 4.14. The molecule has 0 spiro atoms. The van der Waals surface area contributed by atoms with Crippen molar-refractivity contribution in [2.45, 2.75) is 31.6 Å². The van der Waals surface area contributed by atoms with Crippen molar-refractivity contribution in [2.24, 2.45) is 0 Å². The summed E-state index contributed by atoms with van der Waals surface area (Å²) in [5.74, 6) is 1.92. The van der Waals surface area contributed by atoms with E-state index < -0.39 is 0 Å². The van der Waals surface area contributed by atoms with Crippen LogP contribution >= 0.6 is 0 Å². The highest BCUT2D eigenvalue weighted by molar-refractivity contribution is 5.92. The molecule has 1 aromatic heterocycles. The van der Waals surface area contributed by atoms with Crippen molar-refractivity contribution in [1.29, 1.82) is 0 Å². The fourth-order valence-corrected chi connectivity index (χ4v) is 3.03. The van der Waals surface area contributed by atoms with Crippen LogP contribution in [0.15, 0.2) is 18.2 Å². The zero-order chi connectivity index (χ0) is 14.1. The molecule has 1 heterocycles. The molecule has 3 rings (SSSR count). The van der Waals surface area contributed by atoms with Crippen molar-refractivity contribution in [3.8, 4) is 11.5 Å². The van der Waals surface area contributed by atoms with Crippen LogP contribution in [0.25, 0.3) is 10.9 Å². The number of aromatic nitrogens is 1. The first kappa shape index (κ1) is 13.0. The first-order valence-corrected chi connectivity index (χ1v) is 7.05. The van der Waals surface area contributed by atoms with Gasteiger partial charge >= 0.3 is 0 Å². The molecule has 106 valence electrons. The molecule has 0 saturated heterocycles. The lowest BCUT2D eigenvalue weighted by Gasteiger charge is -2.14. The van der Waals surface area contributed by atoms with Crippen molar-refractivity contribution >= 4 is 16.6 Å². The Balaban J connectivity index is 2.14. The molecule has 2 N–H and O–H groups in total. The first-order valence-electron chi connectivity index (χ1n) is 7.05. The SMILES string of the molecule is COc1cc2nc(C3CCCC3)cc(N)c2cc1OC. The van der Waals surface area contributed by atoms with Crippen molar-refractivity contribution < 1.29 is 9.47 Å². The molecule has 0 aliphatic heterocycles. The number of nitrogen functional groups attached to an aromatic ring is 1. The minimum atomic E-state index is 0.551. The van der Waals surface area contributed by atoms with Gasteiger partial charge in [-0.15, -0.1) is 0 Å². The van der Waals surface area contributed by atoms with E-state index in [4.69, 9.17) is 20.2 Å². The molecule has 2 aromatic rings. The van der Waals surface area contributed by atoms with Crippen molar-refractivity contribution in [1.82, 2.24) is 4.98 Å². The predicted octanol–water partition coefficient (Wildman–Crippen LogP) is 3.49. The molecule has 1 aliphatic carbocycles. The van der Waals surface area contributed by atoms with Crippen LogP contribution in [0.4, 0.5) is 5.69 Å². The number of rotatable bonds is 3. The number of nitrogens with two attached hydrogens (primary N) is 1. The molecule has 1 aromatic carbocycles. The third-order valence-electron chi connectivity index (χ3n) is 4.14. The summed E-state index contributed by atoms with van der Waals surface area (Å²) in [5, 5.41) is 0.921. The minimum absolute atomic E-state index is 0.551. The molecule has 0 bridgehead atoms. The summed E-state index contributed by atoms with van der Waals surface area (Å²) in [5.41, 5.74) is 8.96. The second-order valence-corrected chi connectivity index (χ2v) is 5.34. The number of benzene rings is 1. The second-order valence-electron chi connectivity index (χ2n) is 5.34. The quantitative estimate of drug-likeness (QED) is 0.929. The van der Waals surface area contributed by atoms with Gasteiger partial charge in [0, 0.05) is 28.8 Å². The number of pyridine rings is 1. The van der Waals surface area contributed by atoms with Gasteiger partial charge in [0.2, 0.25) is 0 Å². The predicted molar refractivity (Wildman–Crippen MR) is 80.5 cm³/mol. The van der Waals surface area contributed by atoms with E-state index in [1.54, 1.807) is 14.2 Å². The maximum absolute atomic E-state index is 6.20. The van der Waals surface area contributed by atoms with Gasteiger partial charge in [-0.3, -0.25) is 4.98 Å². The largest absolute Gasteiger partial charge is 0.493 e. The Morgan fingerprint density at radius 3 is 2.35 bits per heavy atom. The molecule has 20 heavy (non-hydrogen) atoms. The van der Waals surface area contributed by atoms with E-state index in [1.165, 1.54) is 25.7 Å². The van der Waals surface area contributed by atoms with Crippen molar-refractivity contribution in [3.63, 3.8) is 0 Å². The van der Waals surface area contributed by atoms with Crippen LogP contribution < -0.4 is 15.2 Å². The van der Waals surface area contributed by atoms with E-state index in [0.29, 0.717) is 17.4 Å². The normalized spacial score (nSPS) is 15.7. The van der Waals surface area contributed by atoms with Crippen LogP contribution in [-0.4, -0.2) is 19.2 Å². The fraction of sp³-hybridized carbons (Fsp3) is 0.438. The number of fused-ring (bicyclic) bond motifs is 1.